The first-order valence-corrected chi connectivity index (χ1v) is 8.58. The first kappa shape index (κ1) is 19.8. The monoisotopic (exact) mass is 325 g/mol. The second kappa shape index (κ2) is 10.5. The van der Waals surface area contributed by atoms with Crippen LogP contribution in [0.5, 0.6) is 0 Å². The normalized spacial score (nSPS) is 16.5. The standard InChI is InChI=1S/C17H31N3O3/c1-18-10-8-15(19-17(23)13-6-4-5-7-13)16(22)12-14(21)9-11-20(2)3/h13,15,18H,4-12H2,1-3H3,(H,19,23). The molecule has 0 aromatic carbocycles. The molecule has 0 bridgehead atoms. The van der Waals surface area contributed by atoms with Gasteiger partial charge in [-0.2, -0.15) is 0 Å². The summed E-state index contributed by atoms with van der Waals surface area (Å²) in [6, 6.07) is -0.557. The van der Waals surface area contributed by atoms with Crippen molar-refractivity contribution in [2.24, 2.45) is 5.92 Å². The summed E-state index contributed by atoms with van der Waals surface area (Å²) >= 11 is 0. The van der Waals surface area contributed by atoms with E-state index in [1.165, 1.54) is 0 Å². The summed E-state index contributed by atoms with van der Waals surface area (Å²) in [4.78, 5) is 38.4. The largest absolute Gasteiger partial charge is 0.346 e. The third kappa shape index (κ3) is 7.70. The Morgan fingerprint density at radius 3 is 2.39 bits per heavy atom. The Labute approximate surface area is 139 Å². The Kier molecular flexibility index (Phi) is 9.02. The van der Waals surface area contributed by atoms with Gasteiger partial charge in [0.2, 0.25) is 5.91 Å². The van der Waals surface area contributed by atoms with E-state index in [-0.39, 0.29) is 29.8 Å². The molecule has 23 heavy (non-hydrogen) atoms. The first-order valence-electron chi connectivity index (χ1n) is 8.58. The van der Waals surface area contributed by atoms with Crippen molar-refractivity contribution in [3.05, 3.63) is 0 Å². The lowest BCUT2D eigenvalue weighted by atomic mass is 10.0. The summed E-state index contributed by atoms with van der Waals surface area (Å²) in [5, 5.41) is 5.87. The molecule has 0 saturated heterocycles. The summed E-state index contributed by atoms with van der Waals surface area (Å²) in [5.74, 6) is -0.231. The minimum Gasteiger partial charge on any atom is -0.346 e. The van der Waals surface area contributed by atoms with Crippen LogP contribution in [0.25, 0.3) is 0 Å². The number of carbonyl (C=O) groups is 3. The number of nitrogens with zero attached hydrogens (tertiary/aromatic N) is 1. The first-order chi connectivity index (χ1) is 10.9. The molecule has 6 heteroatoms. The van der Waals surface area contributed by atoms with Gasteiger partial charge < -0.3 is 15.5 Å². The van der Waals surface area contributed by atoms with Crippen LogP contribution in [-0.2, 0) is 14.4 Å². The predicted molar refractivity (Wildman–Crippen MR) is 90.2 cm³/mol. The zero-order valence-corrected chi connectivity index (χ0v) is 14.7. The highest BCUT2D eigenvalue weighted by Crippen LogP contribution is 2.24. The molecule has 0 spiro atoms. The van der Waals surface area contributed by atoms with E-state index in [4.69, 9.17) is 0 Å². The molecule has 0 aromatic heterocycles. The molecule has 6 nitrogen and oxygen atoms in total. The minimum absolute atomic E-state index is 0.0299. The molecular weight excluding hydrogens is 294 g/mol. The van der Waals surface area contributed by atoms with Gasteiger partial charge in [-0.1, -0.05) is 12.8 Å². The van der Waals surface area contributed by atoms with Gasteiger partial charge in [-0.3, -0.25) is 14.4 Å². The van der Waals surface area contributed by atoms with Crippen molar-refractivity contribution in [3.8, 4) is 0 Å². The molecule has 0 heterocycles. The number of hydrogen-bond acceptors (Lipinski definition) is 5. The van der Waals surface area contributed by atoms with Gasteiger partial charge in [-0.15, -0.1) is 0 Å². The summed E-state index contributed by atoms with van der Waals surface area (Å²) < 4.78 is 0. The number of amides is 1. The van der Waals surface area contributed by atoms with Gasteiger partial charge in [-0.25, -0.2) is 0 Å². The Bertz CT molecular complexity index is 404. The zero-order chi connectivity index (χ0) is 17.2. The maximum atomic E-state index is 12.4. The van der Waals surface area contributed by atoms with Crippen LogP contribution >= 0.6 is 0 Å². The lowest BCUT2D eigenvalue weighted by molar-refractivity contribution is -0.133. The quantitative estimate of drug-likeness (QED) is 0.548. The Morgan fingerprint density at radius 2 is 1.83 bits per heavy atom. The molecular formula is C17H31N3O3. The Hall–Kier alpha value is -1.27. The number of rotatable bonds is 11. The second-order valence-electron chi connectivity index (χ2n) is 6.67. The molecule has 1 atom stereocenters. The van der Waals surface area contributed by atoms with Crippen molar-refractivity contribution in [1.29, 1.82) is 0 Å². The third-order valence-electron chi connectivity index (χ3n) is 4.32. The molecule has 1 aliphatic carbocycles. The SMILES string of the molecule is CNCCC(NC(=O)C1CCCC1)C(=O)CC(=O)CCN(C)C. The van der Waals surface area contributed by atoms with Crippen LogP contribution in [0, 0.1) is 5.92 Å². The van der Waals surface area contributed by atoms with Gasteiger partial charge in [0, 0.05) is 18.9 Å². The number of Topliss-reactive ketones (excluding diaryl/α,β-unsaturated/α-hetero) is 2. The molecule has 0 radical (unpaired) electrons. The molecule has 2 N–H and O–H groups in total. The fraction of sp³-hybridized carbons (Fsp3) is 0.824. The Balaban J connectivity index is 2.52. The van der Waals surface area contributed by atoms with Gasteiger partial charge >= 0.3 is 0 Å². The van der Waals surface area contributed by atoms with Crippen LogP contribution < -0.4 is 10.6 Å². The van der Waals surface area contributed by atoms with Crippen LogP contribution in [0.3, 0.4) is 0 Å². The molecule has 1 rings (SSSR count). The van der Waals surface area contributed by atoms with Gasteiger partial charge in [0.15, 0.2) is 5.78 Å². The highest BCUT2D eigenvalue weighted by Gasteiger charge is 2.28. The highest BCUT2D eigenvalue weighted by atomic mass is 16.2. The molecule has 1 saturated carbocycles. The van der Waals surface area contributed by atoms with Crippen LogP contribution in [0.2, 0.25) is 0 Å². The third-order valence-corrected chi connectivity index (χ3v) is 4.32. The molecule has 1 unspecified atom stereocenters. The van der Waals surface area contributed by atoms with Crippen molar-refractivity contribution >= 4 is 17.5 Å². The van der Waals surface area contributed by atoms with Crippen LogP contribution in [-0.4, -0.2) is 62.6 Å². The van der Waals surface area contributed by atoms with Crippen LogP contribution in [0.15, 0.2) is 0 Å². The minimum atomic E-state index is -0.557. The maximum Gasteiger partial charge on any atom is 0.223 e. The molecule has 0 aromatic rings. The number of ketones is 2. The van der Waals surface area contributed by atoms with E-state index < -0.39 is 6.04 Å². The van der Waals surface area contributed by atoms with E-state index in [0.717, 1.165) is 25.7 Å². The smallest absolute Gasteiger partial charge is 0.223 e. The predicted octanol–water partition coefficient (Wildman–Crippen LogP) is 0.751. The van der Waals surface area contributed by atoms with E-state index in [1.54, 1.807) is 0 Å². The summed E-state index contributed by atoms with van der Waals surface area (Å²) in [7, 11) is 5.60. The zero-order valence-electron chi connectivity index (χ0n) is 14.7. The summed E-state index contributed by atoms with van der Waals surface area (Å²) in [5.41, 5.74) is 0. The summed E-state index contributed by atoms with van der Waals surface area (Å²) in [6.45, 7) is 1.27. The molecule has 0 aliphatic heterocycles. The lowest BCUT2D eigenvalue weighted by Gasteiger charge is -2.20. The maximum absolute atomic E-state index is 12.4. The van der Waals surface area contributed by atoms with Crippen LogP contribution in [0.4, 0.5) is 0 Å². The average Bonchev–Trinajstić information content (AvgIpc) is 3.03. The number of nitrogens with one attached hydrogen (secondary N) is 2. The summed E-state index contributed by atoms with van der Waals surface area (Å²) in [6.07, 6.45) is 4.77. The van der Waals surface area contributed by atoms with Gasteiger partial charge in [0.05, 0.1) is 12.5 Å². The van der Waals surface area contributed by atoms with Gasteiger partial charge in [0.25, 0.3) is 0 Å². The molecule has 1 amide bonds. The number of hydrogen-bond donors (Lipinski definition) is 2. The van der Waals surface area contributed by atoms with Crippen molar-refractivity contribution in [2.45, 2.75) is 51.0 Å². The highest BCUT2D eigenvalue weighted by molar-refractivity contribution is 6.02. The molecule has 1 fully saturated rings. The Morgan fingerprint density at radius 1 is 1.17 bits per heavy atom. The molecule has 1 aliphatic rings. The van der Waals surface area contributed by atoms with Crippen LogP contribution in [0.1, 0.15) is 44.9 Å². The lowest BCUT2D eigenvalue weighted by Crippen LogP contribution is -2.45. The number of carbonyl (C=O) groups excluding carboxylic acids is 3. The van der Waals surface area contributed by atoms with Crippen molar-refractivity contribution in [2.75, 3.05) is 34.2 Å². The van der Waals surface area contributed by atoms with Crippen molar-refractivity contribution in [1.82, 2.24) is 15.5 Å². The van der Waals surface area contributed by atoms with E-state index in [0.29, 0.717) is 25.9 Å². The fourth-order valence-electron chi connectivity index (χ4n) is 2.83. The van der Waals surface area contributed by atoms with E-state index >= 15 is 0 Å². The van der Waals surface area contributed by atoms with Crippen molar-refractivity contribution in [3.63, 3.8) is 0 Å². The van der Waals surface area contributed by atoms with Gasteiger partial charge in [0.1, 0.15) is 5.78 Å². The van der Waals surface area contributed by atoms with E-state index in [2.05, 4.69) is 10.6 Å². The van der Waals surface area contributed by atoms with Gasteiger partial charge in [-0.05, 0) is 47.0 Å². The average molecular weight is 325 g/mol. The van der Waals surface area contributed by atoms with E-state index in [9.17, 15) is 14.4 Å². The van der Waals surface area contributed by atoms with Crippen molar-refractivity contribution < 1.29 is 14.4 Å². The molecule has 132 valence electrons. The topological polar surface area (TPSA) is 78.5 Å². The second-order valence-corrected chi connectivity index (χ2v) is 6.67. The fourth-order valence-corrected chi connectivity index (χ4v) is 2.83. The van der Waals surface area contributed by atoms with E-state index in [1.807, 2.05) is 26.0 Å².